The summed E-state index contributed by atoms with van der Waals surface area (Å²) in [6, 6.07) is 0. The van der Waals surface area contributed by atoms with Crippen LogP contribution in [0.2, 0.25) is 0 Å². The van der Waals surface area contributed by atoms with E-state index in [1.165, 1.54) is 12.8 Å². The number of aliphatic hydroxyl groups is 1. The Balaban J connectivity index is 3.56. The minimum absolute atomic E-state index is 0.0987. The van der Waals surface area contributed by atoms with Crippen molar-refractivity contribution in [1.29, 1.82) is 0 Å². The molecule has 0 heterocycles. The van der Waals surface area contributed by atoms with E-state index in [-0.39, 0.29) is 18.3 Å². The van der Waals surface area contributed by atoms with Crippen LogP contribution in [0.4, 0.5) is 0 Å². The first-order valence-electron chi connectivity index (χ1n) is 4.83. The molecule has 0 aromatic heterocycles. The van der Waals surface area contributed by atoms with Crippen LogP contribution in [-0.2, 0) is 4.79 Å². The molecule has 0 aliphatic rings. The second-order valence-corrected chi connectivity index (χ2v) is 3.32. The highest BCUT2D eigenvalue weighted by Gasteiger charge is 2.12. The van der Waals surface area contributed by atoms with Crippen LogP contribution in [-0.4, -0.2) is 17.5 Å². The quantitative estimate of drug-likeness (QED) is 0.597. The van der Waals surface area contributed by atoms with Gasteiger partial charge < -0.3 is 5.11 Å². The Morgan fingerprint density at radius 2 is 2.00 bits per heavy atom. The third kappa shape index (κ3) is 5.30. The summed E-state index contributed by atoms with van der Waals surface area (Å²) in [6.45, 7) is 3.90. The van der Waals surface area contributed by atoms with Crippen LogP contribution in [0.1, 0.15) is 46.0 Å². The van der Waals surface area contributed by atoms with Gasteiger partial charge in [-0.25, -0.2) is 0 Å². The van der Waals surface area contributed by atoms with Gasteiger partial charge in [-0.2, -0.15) is 0 Å². The lowest BCUT2D eigenvalue weighted by Gasteiger charge is -2.10. The number of hydrogen-bond donors (Lipinski definition) is 1. The van der Waals surface area contributed by atoms with Gasteiger partial charge >= 0.3 is 0 Å². The topological polar surface area (TPSA) is 37.3 Å². The van der Waals surface area contributed by atoms with Gasteiger partial charge in [0.15, 0.2) is 0 Å². The zero-order valence-corrected chi connectivity index (χ0v) is 8.18. The fraction of sp³-hybridized carbons (Fsp3) is 0.900. The fourth-order valence-corrected chi connectivity index (χ4v) is 1.35. The normalized spacial score (nSPS) is 12.9. The monoisotopic (exact) mass is 172 g/mol. The minimum Gasteiger partial charge on any atom is -0.396 e. The van der Waals surface area contributed by atoms with E-state index in [0.29, 0.717) is 6.42 Å². The second kappa shape index (κ2) is 7.29. The summed E-state index contributed by atoms with van der Waals surface area (Å²) in [5.74, 6) is 0.321. The van der Waals surface area contributed by atoms with E-state index >= 15 is 0 Å². The van der Waals surface area contributed by atoms with Gasteiger partial charge in [0, 0.05) is 12.5 Å². The average molecular weight is 172 g/mol. The van der Waals surface area contributed by atoms with Gasteiger partial charge in [-0.05, 0) is 19.8 Å². The number of aliphatic hydroxyl groups excluding tert-OH is 1. The molecule has 0 aliphatic heterocycles. The summed E-state index contributed by atoms with van der Waals surface area (Å²) in [4.78, 5) is 11.0. The lowest BCUT2D eigenvalue weighted by molar-refractivity contribution is -0.121. The first kappa shape index (κ1) is 11.6. The molecule has 1 unspecified atom stereocenters. The smallest absolute Gasteiger partial charge is 0.132 e. The van der Waals surface area contributed by atoms with Crippen molar-refractivity contribution in [3.63, 3.8) is 0 Å². The highest BCUT2D eigenvalue weighted by atomic mass is 16.3. The predicted octanol–water partition coefficient (Wildman–Crippen LogP) is 2.15. The highest BCUT2D eigenvalue weighted by molar-refractivity contribution is 5.78. The Labute approximate surface area is 75.0 Å². The number of Topliss-reactive ketones (excluding diaryl/α,β-unsaturated/α-hetero) is 1. The van der Waals surface area contributed by atoms with Crippen molar-refractivity contribution in [3.05, 3.63) is 0 Å². The van der Waals surface area contributed by atoms with Crippen molar-refractivity contribution >= 4 is 5.78 Å². The van der Waals surface area contributed by atoms with E-state index in [2.05, 4.69) is 6.92 Å². The Hall–Kier alpha value is -0.370. The van der Waals surface area contributed by atoms with E-state index in [1.807, 2.05) is 0 Å². The van der Waals surface area contributed by atoms with Crippen LogP contribution in [0, 0.1) is 5.92 Å². The molecule has 0 rings (SSSR count). The fourth-order valence-electron chi connectivity index (χ4n) is 1.35. The minimum atomic E-state index is 0.0987. The van der Waals surface area contributed by atoms with E-state index in [1.54, 1.807) is 6.92 Å². The van der Waals surface area contributed by atoms with Gasteiger partial charge in [-0.3, -0.25) is 4.79 Å². The van der Waals surface area contributed by atoms with Crippen molar-refractivity contribution in [1.82, 2.24) is 0 Å². The summed E-state index contributed by atoms with van der Waals surface area (Å²) in [5.41, 5.74) is 0. The third-order valence-electron chi connectivity index (χ3n) is 2.21. The Bertz CT molecular complexity index is 121. The Kier molecular flexibility index (Phi) is 7.06. The van der Waals surface area contributed by atoms with Crippen LogP contribution in [0.15, 0.2) is 0 Å². The third-order valence-corrected chi connectivity index (χ3v) is 2.21. The number of carbonyl (C=O) groups is 1. The van der Waals surface area contributed by atoms with Crippen LogP contribution in [0.5, 0.6) is 0 Å². The van der Waals surface area contributed by atoms with Crippen LogP contribution in [0.3, 0.4) is 0 Å². The zero-order valence-electron chi connectivity index (χ0n) is 8.18. The first-order valence-corrected chi connectivity index (χ1v) is 4.83. The molecule has 0 bridgehead atoms. The van der Waals surface area contributed by atoms with Gasteiger partial charge in [0.2, 0.25) is 0 Å². The van der Waals surface area contributed by atoms with Crippen LogP contribution < -0.4 is 0 Å². The standard InChI is InChI=1S/C10H20O2/c1-3-4-5-6-10(7-8-11)9(2)12/h10-11H,3-8H2,1-2H3. The van der Waals surface area contributed by atoms with Crippen molar-refractivity contribution in [3.8, 4) is 0 Å². The second-order valence-electron chi connectivity index (χ2n) is 3.32. The molecule has 12 heavy (non-hydrogen) atoms. The van der Waals surface area contributed by atoms with Crippen LogP contribution >= 0.6 is 0 Å². The summed E-state index contributed by atoms with van der Waals surface area (Å²) in [5, 5.41) is 8.69. The lowest BCUT2D eigenvalue weighted by atomic mass is 9.95. The molecule has 2 heteroatoms. The molecule has 0 fully saturated rings. The maximum atomic E-state index is 11.0. The van der Waals surface area contributed by atoms with Gasteiger partial charge in [-0.1, -0.05) is 26.2 Å². The molecule has 0 aromatic rings. The maximum absolute atomic E-state index is 11.0. The molecule has 0 amide bonds. The molecule has 0 aliphatic carbocycles. The summed E-state index contributed by atoms with van der Waals surface area (Å²) >= 11 is 0. The summed E-state index contributed by atoms with van der Waals surface area (Å²) in [7, 11) is 0. The Morgan fingerprint density at radius 1 is 1.33 bits per heavy atom. The van der Waals surface area contributed by atoms with Crippen molar-refractivity contribution in [2.75, 3.05) is 6.61 Å². The van der Waals surface area contributed by atoms with E-state index in [0.717, 1.165) is 12.8 Å². The summed E-state index contributed by atoms with van der Waals surface area (Å²) < 4.78 is 0. The van der Waals surface area contributed by atoms with E-state index in [4.69, 9.17) is 5.11 Å². The molecule has 2 nitrogen and oxygen atoms in total. The molecule has 0 radical (unpaired) electrons. The van der Waals surface area contributed by atoms with E-state index in [9.17, 15) is 4.79 Å². The SMILES string of the molecule is CCCCCC(CCO)C(C)=O. The number of ketones is 1. The van der Waals surface area contributed by atoms with Crippen LogP contribution in [0.25, 0.3) is 0 Å². The molecule has 0 saturated heterocycles. The predicted molar refractivity (Wildman–Crippen MR) is 50.0 cm³/mol. The zero-order chi connectivity index (χ0) is 9.40. The number of hydrogen-bond acceptors (Lipinski definition) is 2. The Morgan fingerprint density at radius 3 is 2.42 bits per heavy atom. The van der Waals surface area contributed by atoms with Crippen molar-refractivity contribution in [2.45, 2.75) is 46.0 Å². The molecule has 1 atom stereocenters. The van der Waals surface area contributed by atoms with Crippen molar-refractivity contribution in [2.24, 2.45) is 5.92 Å². The molecule has 1 N–H and O–H groups in total. The van der Waals surface area contributed by atoms with Gasteiger partial charge in [-0.15, -0.1) is 0 Å². The summed E-state index contributed by atoms with van der Waals surface area (Å²) in [6.07, 6.45) is 5.07. The average Bonchev–Trinajstić information content (AvgIpc) is 2.03. The first-order chi connectivity index (χ1) is 5.72. The molecule has 0 spiro atoms. The van der Waals surface area contributed by atoms with Crippen molar-refractivity contribution < 1.29 is 9.90 Å². The molecule has 0 aromatic carbocycles. The van der Waals surface area contributed by atoms with E-state index < -0.39 is 0 Å². The van der Waals surface area contributed by atoms with Gasteiger partial charge in [0.1, 0.15) is 5.78 Å². The molecular formula is C10H20O2. The number of carbonyl (C=O) groups excluding carboxylic acids is 1. The van der Waals surface area contributed by atoms with Gasteiger partial charge in [0.25, 0.3) is 0 Å². The molecule has 72 valence electrons. The number of unbranched alkanes of at least 4 members (excludes halogenated alkanes) is 2. The lowest BCUT2D eigenvalue weighted by Crippen LogP contribution is -2.12. The largest absolute Gasteiger partial charge is 0.396 e. The molecule has 0 saturated carbocycles. The molecular weight excluding hydrogens is 152 g/mol. The maximum Gasteiger partial charge on any atom is 0.132 e. The number of rotatable bonds is 7. The highest BCUT2D eigenvalue weighted by Crippen LogP contribution is 2.14. The van der Waals surface area contributed by atoms with Gasteiger partial charge in [0.05, 0.1) is 0 Å².